The number of ether oxygens (including phenoxy) is 1. The molecule has 1 aromatic heterocycles. The first kappa shape index (κ1) is 19.3. The van der Waals surface area contributed by atoms with E-state index in [2.05, 4.69) is 0 Å². The van der Waals surface area contributed by atoms with Gasteiger partial charge in [-0.05, 0) is 48.7 Å². The van der Waals surface area contributed by atoms with E-state index in [0.717, 1.165) is 23.2 Å². The lowest BCUT2D eigenvalue weighted by atomic mass is 10.0. The number of furan rings is 1. The summed E-state index contributed by atoms with van der Waals surface area (Å²) >= 11 is 12.0. The average Bonchev–Trinajstić information content (AvgIpc) is 3.16. The molecule has 6 heteroatoms. The van der Waals surface area contributed by atoms with Crippen LogP contribution in [0.1, 0.15) is 18.1 Å². The second-order valence-corrected chi connectivity index (χ2v) is 6.82. The van der Waals surface area contributed by atoms with Crippen molar-refractivity contribution in [3.05, 3.63) is 76.0 Å². The van der Waals surface area contributed by atoms with Gasteiger partial charge in [-0.1, -0.05) is 48.3 Å². The number of carbonyl (C=O) groups is 1. The van der Waals surface area contributed by atoms with Crippen LogP contribution in [0.3, 0.4) is 0 Å². The minimum atomic E-state index is -0.264. The maximum atomic E-state index is 13.1. The van der Waals surface area contributed by atoms with Crippen LogP contribution in [0.4, 0.5) is 11.6 Å². The second kappa shape index (κ2) is 8.51. The molecule has 0 fully saturated rings. The minimum Gasteiger partial charge on any atom is -0.482 e. The van der Waals surface area contributed by atoms with Crippen LogP contribution in [0.5, 0.6) is 5.75 Å². The molecule has 0 aliphatic heterocycles. The number of halogens is 2. The Labute approximate surface area is 168 Å². The van der Waals surface area contributed by atoms with E-state index in [1.165, 1.54) is 6.26 Å². The molecule has 0 aliphatic carbocycles. The van der Waals surface area contributed by atoms with Crippen LogP contribution in [0.25, 0.3) is 0 Å². The number of para-hydroxylation sites is 1. The molecule has 0 unspecified atom stereocenters. The maximum Gasteiger partial charge on any atom is 0.271 e. The number of anilines is 2. The lowest BCUT2D eigenvalue weighted by molar-refractivity contribution is -0.120. The van der Waals surface area contributed by atoms with Crippen molar-refractivity contribution in [1.82, 2.24) is 0 Å². The highest BCUT2D eigenvalue weighted by Crippen LogP contribution is 2.33. The van der Waals surface area contributed by atoms with E-state index in [1.54, 1.807) is 35.2 Å². The quantitative estimate of drug-likeness (QED) is 0.491. The van der Waals surface area contributed by atoms with Crippen molar-refractivity contribution in [3.8, 4) is 5.75 Å². The third-order valence-electron chi connectivity index (χ3n) is 4.15. The number of nitrogens with zero attached hydrogens (tertiary/aromatic N) is 1. The number of hydrogen-bond donors (Lipinski definition) is 0. The topological polar surface area (TPSA) is 42.7 Å². The molecule has 0 atom stereocenters. The van der Waals surface area contributed by atoms with Gasteiger partial charge in [0.2, 0.25) is 5.88 Å². The third kappa shape index (κ3) is 4.29. The summed E-state index contributed by atoms with van der Waals surface area (Å²) in [6.45, 7) is 3.82. The highest BCUT2D eigenvalue weighted by atomic mass is 35.5. The van der Waals surface area contributed by atoms with Gasteiger partial charge in [0.05, 0.1) is 17.0 Å². The van der Waals surface area contributed by atoms with Crippen molar-refractivity contribution in [2.45, 2.75) is 20.3 Å². The Morgan fingerprint density at radius 1 is 1.15 bits per heavy atom. The molecular formula is C21H19Cl2NO3. The van der Waals surface area contributed by atoms with E-state index in [0.29, 0.717) is 21.7 Å². The molecule has 0 radical (unpaired) electrons. The standard InChI is InChI=1S/C21H19Cl2NO3/c1-3-15-7-4-6-14(2)21(15)24(20-8-5-11-26-20)19(25)13-27-18-10-9-16(22)12-17(18)23/h4-12H,3,13H2,1-2H3. The van der Waals surface area contributed by atoms with Crippen LogP contribution in [0, 0.1) is 6.92 Å². The van der Waals surface area contributed by atoms with Gasteiger partial charge < -0.3 is 9.15 Å². The first-order chi connectivity index (χ1) is 13.0. The Balaban J connectivity index is 1.92. The molecule has 2 aromatic carbocycles. The van der Waals surface area contributed by atoms with Crippen molar-refractivity contribution in [3.63, 3.8) is 0 Å². The maximum absolute atomic E-state index is 13.1. The van der Waals surface area contributed by atoms with Crippen molar-refractivity contribution in [2.24, 2.45) is 0 Å². The number of amides is 1. The Kier molecular flexibility index (Phi) is 6.09. The smallest absolute Gasteiger partial charge is 0.271 e. The SMILES string of the molecule is CCc1cccc(C)c1N(C(=O)COc1ccc(Cl)cc1Cl)c1ccco1. The first-order valence-corrected chi connectivity index (χ1v) is 9.29. The monoisotopic (exact) mass is 403 g/mol. The van der Waals surface area contributed by atoms with Crippen molar-refractivity contribution >= 4 is 40.7 Å². The Bertz CT molecular complexity index is 939. The zero-order chi connectivity index (χ0) is 19.4. The van der Waals surface area contributed by atoms with Crippen LogP contribution >= 0.6 is 23.2 Å². The van der Waals surface area contributed by atoms with Gasteiger partial charge in [-0.15, -0.1) is 0 Å². The van der Waals surface area contributed by atoms with Crippen LogP contribution in [0.15, 0.2) is 59.2 Å². The van der Waals surface area contributed by atoms with Gasteiger partial charge in [-0.2, -0.15) is 0 Å². The van der Waals surface area contributed by atoms with Gasteiger partial charge >= 0.3 is 0 Å². The highest BCUT2D eigenvalue weighted by molar-refractivity contribution is 6.35. The van der Waals surface area contributed by atoms with Gasteiger partial charge in [-0.25, -0.2) is 4.90 Å². The molecule has 0 N–H and O–H groups in total. The fourth-order valence-electron chi connectivity index (χ4n) is 2.88. The molecule has 140 valence electrons. The van der Waals surface area contributed by atoms with Gasteiger partial charge in [0.15, 0.2) is 6.61 Å². The summed E-state index contributed by atoms with van der Waals surface area (Å²) in [5.74, 6) is 0.573. The molecule has 0 saturated carbocycles. The lowest BCUT2D eigenvalue weighted by Crippen LogP contribution is -2.32. The van der Waals surface area contributed by atoms with Gasteiger partial charge in [0, 0.05) is 11.1 Å². The second-order valence-electron chi connectivity index (χ2n) is 5.98. The van der Waals surface area contributed by atoms with E-state index >= 15 is 0 Å². The molecule has 27 heavy (non-hydrogen) atoms. The van der Waals surface area contributed by atoms with Gasteiger partial charge in [-0.3, -0.25) is 4.79 Å². The fraction of sp³-hybridized carbons (Fsp3) is 0.190. The van der Waals surface area contributed by atoms with Gasteiger partial charge in [0.1, 0.15) is 5.75 Å². The molecule has 0 bridgehead atoms. The molecule has 3 aromatic rings. The molecule has 0 spiro atoms. The molecule has 0 saturated heterocycles. The summed E-state index contributed by atoms with van der Waals surface area (Å²) in [7, 11) is 0. The predicted octanol–water partition coefficient (Wildman–Crippen LogP) is 6.20. The van der Waals surface area contributed by atoms with Gasteiger partial charge in [0.25, 0.3) is 5.91 Å². The van der Waals surface area contributed by atoms with Crippen LogP contribution in [-0.2, 0) is 11.2 Å². The molecular weight excluding hydrogens is 385 g/mol. The summed E-state index contributed by atoms with van der Waals surface area (Å²) in [4.78, 5) is 14.6. The van der Waals surface area contributed by atoms with E-state index in [9.17, 15) is 4.79 Å². The summed E-state index contributed by atoms with van der Waals surface area (Å²) in [6, 6.07) is 14.3. The summed E-state index contributed by atoms with van der Waals surface area (Å²) < 4.78 is 11.2. The minimum absolute atomic E-state index is 0.195. The van der Waals surface area contributed by atoms with Crippen molar-refractivity contribution < 1.29 is 13.9 Å². The fourth-order valence-corrected chi connectivity index (χ4v) is 3.34. The molecule has 4 nitrogen and oxygen atoms in total. The van der Waals surface area contributed by atoms with Crippen LogP contribution in [-0.4, -0.2) is 12.5 Å². The number of hydrogen-bond acceptors (Lipinski definition) is 3. The normalized spacial score (nSPS) is 10.7. The lowest BCUT2D eigenvalue weighted by Gasteiger charge is -2.24. The van der Waals surface area contributed by atoms with E-state index < -0.39 is 0 Å². The average molecular weight is 404 g/mol. The first-order valence-electron chi connectivity index (χ1n) is 8.54. The van der Waals surface area contributed by atoms with Crippen LogP contribution < -0.4 is 9.64 Å². The van der Waals surface area contributed by atoms with E-state index in [-0.39, 0.29) is 12.5 Å². The summed E-state index contributed by atoms with van der Waals surface area (Å²) in [5, 5.41) is 0.855. The number of benzene rings is 2. The van der Waals surface area contributed by atoms with Crippen molar-refractivity contribution in [2.75, 3.05) is 11.5 Å². The Morgan fingerprint density at radius 2 is 1.96 bits per heavy atom. The molecule has 1 heterocycles. The number of aryl methyl sites for hydroxylation is 2. The number of rotatable bonds is 6. The summed E-state index contributed by atoms with van der Waals surface area (Å²) in [5.41, 5.74) is 2.83. The van der Waals surface area contributed by atoms with E-state index in [4.69, 9.17) is 32.4 Å². The molecule has 3 rings (SSSR count). The number of carbonyl (C=O) groups excluding carboxylic acids is 1. The Hall–Kier alpha value is -2.43. The van der Waals surface area contributed by atoms with Crippen molar-refractivity contribution in [1.29, 1.82) is 0 Å². The molecule has 1 amide bonds. The van der Waals surface area contributed by atoms with Crippen LogP contribution in [0.2, 0.25) is 10.0 Å². The summed E-state index contributed by atoms with van der Waals surface area (Å²) in [6.07, 6.45) is 2.32. The highest BCUT2D eigenvalue weighted by Gasteiger charge is 2.25. The predicted molar refractivity (Wildman–Crippen MR) is 108 cm³/mol. The largest absolute Gasteiger partial charge is 0.482 e. The third-order valence-corrected chi connectivity index (χ3v) is 4.68. The zero-order valence-electron chi connectivity index (χ0n) is 15.0. The van der Waals surface area contributed by atoms with E-state index in [1.807, 2.05) is 32.0 Å². The Morgan fingerprint density at radius 3 is 2.63 bits per heavy atom. The molecule has 0 aliphatic rings. The zero-order valence-corrected chi connectivity index (χ0v) is 16.6.